The Labute approximate surface area is 213 Å². The van der Waals surface area contributed by atoms with Crippen LogP contribution in [0.25, 0.3) is 0 Å². The summed E-state index contributed by atoms with van der Waals surface area (Å²) in [6.45, 7) is 1.97. The van der Waals surface area contributed by atoms with E-state index in [1.807, 2.05) is 30.4 Å². The fraction of sp³-hybridized carbons (Fsp3) is 0.444. The first-order valence-corrected chi connectivity index (χ1v) is 12.4. The monoisotopic (exact) mass is 517 g/mol. The number of nitrogens with zero attached hydrogens (tertiary/aromatic N) is 1. The maximum absolute atomic E-state index is 12.8. The number of hydrogen-bond donors (Lipinski definition) is 2. The van der Waals surface area contributed by atoms with Gasteiger partial charge in [-0.05, 0) is 68.0 Å². The molecule has 2 N–H and O–H groups in total. The van der Waals surface area contributed by atoms with E-state index in [4.69, 9.17) is 14.5 Å². The average molecular weight is 518 g/mol. The highest BCUT2D eigenvalue weighted by atomic mass is 19.4. The van der Waals surface area contributed by atoms with Crippen molar-refractivity contribution in [3.05, 3.63) is 53.6 Å². The van der Waals surface area contributed by atoms with E-state index in [9.17, 15) is 22.8 Å². The van der Waals surface area contributed by atoms with E-state index in [1.54, 1.807) is 19.2 Å². The highest BCUT2D eigenvalue weighted by Gasteiger charge is 2.38. The minimum Gasteiger partial charge on any atom is -0.493 e. The van der Waals surface area contributed by atoms with Crippen LogP contribution in [-0.4, -0.2) is 49.0 Å². The summed E-state index contributed by atoms with van der Waals surface area (Å²) in [5.74, 6) is -0.976. The molecular formula is C27H30F3N3O4. The molecule has 0 radical (unpaired) electrons. The van der Waals surface area contributed by atoms with Crippen LogP contribution in [0.1, 0.15) is 50.2 Å². The molecule has 37 heavy (non-hydrogen) atoms. The van der Waals surface area contributed by atoms with Gasteiger partial charge in [0.25, 0.3) is 0 Å². The highest BCUT2D eigenvalue weighted by molar-refractivity contribution is 6.09. The van der Waals surface area contributed by atoms with Gasteiger partial charge in [-0.15, -0.1) is 0 Å². The van der Waals surface area contributed by atoms with Crippen LogP contribution in [0, 0.1) is 0 Å². The SMILES string of the molecule is CCC1NC(=O)C(Cc2ccc(NC(=O)C(F)(F)F)cc2)N=C1c1ccc(OC)c(OC2CCCC2)c1. The fourth-order valence-electron chi connectivity index (χ4n) is 4.63. The second-order valence-corrected chi connectivity index (χ2v) is 9.24. The molecule has 1 aliphatic carbocycles. The topological polar surface area (TPSA) is 89.0 Å². The number of benzene rings is 2. The van der Waals surface area contributed by atoms with Gasteiger partial charge in [-0.3, -0.25) is 14.6 Å². The Morgan fingerprint density at radius 3 is 2.43 bits per heavy atom. The van der Waals surface area contributed by atoms with Gasteiger partial charge in [0, 0.05) is 17.7 Å². The lowest BCUT2D eigenvalue weighted by Gasteiger charge is -2.29. The summed E-state index contributed by atoms with van der Waals surface area (Å²) in [5.41, 5.74) is 2.28. The van der Waals surface area contributed by atoms with E-state index in [-0.39, 0.29) is 30.2 Å². The van der Waals surface area contributed by atoms with Crippen LogP contribution in [0.5, 0.6) is 11.5 Å². The van der Waals surface area contributed by atoms with Crippen LogP contribution in [0.4, 0.5) is 18.9 Å². The maximum Gasteiger partial charge on any atom is 0.471 e. The summed E-state index contributed by atoms with van der Waals surface area (Å²) in [5, 5.41) is 4.85. The molecule has 2 atom stereocenters. The van der Waals surface area contributed by atoms with Crippen LogP contribution in [0.15, 0.2) is 47.5 Å². The van der Waals surface area contributed by atoms with Gasteiger partial charge in [-0.2, -0.15) is 13.2 Å². The summed E-state index contributed by atoms with van der Waals surface area (Å²) < 4.78 is 49.2. The van der Waals surface area contributed by atoms with Crippen molar-refractivity contribution < 1.29 is 32.2 Å². The molecule has 1 saturated carbocycles. The summed E-state index contributed by atoms with van der Waals surface area (Å²) in [4.78, 5) is 28.8. The lowest BCUT2D eigenvalue weighted by molar-refractivity contribution is -0.167. The fourth-order valence-corrected chi connectivity index (χ4v) is 4.63. The van der Waals surface area contributed by atoms with Crippen molar-refractivity contribution in [3.8, 4) is 11.5 Å². The van der Waals surface area contributed by atoms with Crippen molar-refractivity contribution in [3.63, 3.8) is 0 Å². The van der Waals surface area contributed by atoms with Gasteiger partial charge in [0.15, 0.2) is 11.5 Å². The number of anilines is 1. The number of carbonyl (C=O) groups is 2. The molecule has 2 amide bonds. The molecule has 198 valence electrons. The first kappa shape index (κ1) is 26.5. The highest BCUT2D eigenvalue weighted by Crippen LogP contribution is 2.33. The van der Waals surface area contributed by atoms with Crippen LogP contribution in [0.3, 0.4) is 0 Å². The Morgan fingerprint density at radius 1 is 1.11 bits per heavy atom. The molecule has 0 saturated heterocycles. The number of aliphatic imine (C=N–C) groups is 1. The third kappa shape index (κ3) is 6.42. The lowest BCUT2D eigenvalue weighted by Crippen LogP contribution is -2.50. The van der Waals surface area contributed by atoms with Gasteiger partial charge in [-0.25, -0.2) is 0 Å². The quantitative estimate of drug-likeness (QED) is 0.525. The standard InChI is InChI=1S/C27H30F3N3O4/c1-3-20-24(17-10-13-22(36-2)23(15-17)37-19-6-4-5-7-19)32-21(25(34)33-20)14-16-8-11-18(12-9-16)31-26(35)27(28,29)30/h8-13,15,19-21H,3-7,14H2,1-2H3,(H,31,35)(H,33,34). The second kappa shape index (κ2) is 11.2. The normalized spacial score (nSPS) is 20.2. The molecule has 0 spiro atoms. The van der Waals surface area contributed by atoms with Crippen LogP contribution in [-0.2, 0) is 16.0 Å². The molecule has 2 aliphatic rings. The summed E-state index contributed by atoms with van der Waals surface area (Å²) >= 11 is 0. The number of alkyl halides is 3. The van der Waals surface area contributed by atoms with Gasteiger partial charge in [-0.1, -0.05) is 19.1 Å². The Bertz CT molecular complexity index is 1160. The third-order valence-electron chi connectivity index (χ3n) is 6.61. The predicted octanol–water partition coefficient (Wildman–Crippen LogP) is 4.83. The molecule has 10 heteroatoms. The number of nitrogens with one attached hydrogen (secondary N) is 2. The summed E-state index contributed by atoms with van der Waals surface area (Å²) in [7, 11) is 1.60. The summed E-state index contributed by atoms with van der Waals surface area (Å²) in [6, 6.07) is 10.5. The molecule has 1 heterocycles. The van der Waals surface area contributed by atoms with E-state index in [2.05, 4.69) is 5.32 Å². The lowest BCUT2D eigenvalue weighted by atomic mass is 9.95. The van der Waals surface area contributed by atoms with Gasteiger partial charge in [0.1, 0.15) is 6.04 Å². The molecule has 4 rings (SSSR count). The third-order valence-corrected chi connectivity index (χ3v) is 6.61. The van der Waals surface area contributed by atoms with Crippen molar-refractivity contribution in [2.75, 3.05) is 12.4 Å². The Morgan fingerprint density at radius 2 is 1.81 bits per heavy atom. The zero-order valence-electron chi connectivity index (χ0n) is 20.7. The molecule has 2 unspecified atom stereocenters. The molecule has 7 nitrogen and oxygen atoms in total. The largest absolute Gasteiger partial charge is 0.493 e. The van der Waals surface area contributed by atoms with Crippen LogP contribution < -0.4 is 20.1 Å². The van der Waals surface area contributed by atoms with Crippen molar-refractivity contribution >= 4 is 23.2 Å². The smallest absolute Gasteiger partial charge is 0.471 e. The van der Waals surface area contributed by atoms with Crippen LogP contribution >= 0.6 is 0 Å². The van der Waals surface area contributed by atoms with E-state index >= 15 is 0 Å². The summed E-state index contributed by atoms with van der Waals surface area (Å²) in [6.07, 6.45) is 0.364. The number of hydrogen-bond acceptors (Lipinski definition) is 5. The van der Waals surface area contributed by atoms with E-state index in [0.717, 1.165) is 37.0 Å². The Balaban J connectivity index is 1.55. The number of amides is 2. The predicted molar refractivity (Wildman–Crippen MR) is 133 cm³/mol. The minimum absolute atomic E-state index is 0.0161. The van der Waals surface area contributed by atoms with Crippen molar-refractivity contribution in [2.24, 2.45) is 4.99 Å². The number of methoxy groups -OCH3 is 1. The second-order valence-electron chi connectivity index (χ2n) is 9.24. The molecule has 2 aromatic carbocycles. The van der Waals surface area contributed by atoms with Crippen molar-refractivity contribution in [1.82, 2.24) is 5.32 Å². The first-order valence-electron chi connectivity index (χ1n) is 12.4. The van der Waals surface area contributed by atoms with Gasteiger partial charge < -0.3 is 20.1 Å². The Kier molecular flexibility index (Phi) is 8.04. The zero-order valence-corrected chi connectivity index (χ0v) is 20.7. The molecule has 0 bridgehead atoms. The number of rotatable bonds is 8. The van der Waals surface area contributed by atoms with Gasteiger partial charge >= 0.3 is 12.1 Å². The number of halogens is 3. The number of carbonyl (C=O) groups excluding carboxylic acids is 2. The maximum atomic E-state index is 12.8. The van der Waals surface area contributed by atoms with E-state index < -0.39 is 18.1 Å². The van der Waals surface area contributed by atoms with Crippen molar-refractivity contribution in [2.45, 2.75) is 69.8 Å². The van der Waals surface area contributed by atoms with Crippen LogP contribution in [0.2, 0.25) is 0 Å². The molecular weight excluding hydrogens is 487 g/mol. The number of ether oxygens (including phenoxy) is 2. The molecule has 2 aromatic rings. The van der Waals surface area contributed by atoms with Crippen molar-refractivity contribution in [1.29, 1.82) is 0 Å². The first-order chi connectivity index (χ1) is 17.7. The average Bonchev–Trinajstić information content (AvgIpc) is 3.38. The van der Waals surface area contributed by atoms with Gasteiger partial charge in [0.05, 0.1) is 25.0 Å². The van der Waals surface area contributed by atoms with E-state index in [0.29, 0.717) is 23.5 Å². The molecule has 1 aliphatic heterocycles. The minimum atomic E-state index is -4.97. The zero-order chi connectivity index (χ0) is 26.6. The molecule has 0 aromatic heterocycles. The van der Waals surface area contributed by atoms with Gasteiger partial charge in [0.2, 0.25) is 5.91 Å². The van der Waals surface area contributed by atoms with E-state index in [1.165, 1.54) is 12.1 Å². The Hall–Kier alpha value is -3.56. The molecule has 1 fully saturated rings.